The monoisotopic (exact) mass is 317 g/mol. The van der Waals surface area contributed by atoms with Crippen molar-refractivity contribution in [1.82, 2.24) is 0 Å². The van der Waals surface area contributed by atoms with E-state index in [1.165, 1.54) is 11.5 Å². The lowest BCUT2D eigenvalue weighted by molar-refractivity contribution is 0.469. The van der Waals surface area contributed by atoms with Crippen LogP contribution in [0.3, 0.4) is 0 Å². The molecule has 0 aromatic heterocycles. The molecule has 4 heteroatoms. The van der Waals surface area contributed by atoms with E-state index in [4.69, 9.17) is 23.2 Å². The molecule has 0 radical (unpaired) electrons. The molecule has 0 atom stereocenters. The van der Waals surface area contributed by atoms with Crippen LogP contribution in [-0.2, 0) is 6.54 Å². The Bertz CT molecular complexity index is 802. The van der Waals surface area contributed by atoms with Crippen molar-refractivity contribution in [3.63, 3.8) is 0 Å². The first-order valence-corrected chi connectivity index (χ1v) is 7.28. The number of aromatic hydroxyl groups is 1. The summed E-state index contributed by atoms with van der Waals surface area (Å²) in [4.78, 5) is 0. The van der Waals surface area contributed by atoms with Crippen molar-refractivity contribution >= 4 is 39.7 Å². The van der Waals surface area contributed by atoms with Crippen molar-refractivity contribution in [3.8, 4) is 5.75 Å². The lowest BCUT2D eigenvalue weighted by Gasteiger charge is -2.10. The number of phenols is 1. The van der Waals surface area contributed by atoms with Crippen LogP contribution in [0.25, 0.3) is 10.8 Å². The van der Waals surface area contributed by atoms with E-state index >= 15 is 0 Å². The molecule has 3 aromatic carbocycles. The Morgan fingerprint density at radius 2 is 1.67 bits per heavy atom. The van der Waals surface area contributed by atoms with Gasteiger partial charge in [0.15, 0.2) is 0 Å². The number of benzene rings is 3. The van der Waals surface area contributed by atoms with E-state index < -0.39 is 0 Å². The van der Waals surface area contributed by atoms with E-state index in [0.717, 1.165) is 11.1 Å². The topological polar surface area (TPSA) is 32.3 Å². The first-order chi connectivity index (χ1) is 10.1. The molecule has 0 bridgehead atoms. The Labute approximate surface area is 132 Å². The van der Waals surface area contributed by atoms with Gasteiger partial charge in [0.05, 0.1) is 5.02 Å². The summed E-state index contributed by atoms with van der Waals surface area (Å²) in [6.45, 7) is 0.449. The van der Waals surface area contributed by atoms with Crippen molar-refractivity contribution in [3.05, 3.63) is 70.2 Å². The first-order valence-electron chi connectivity index (χ1n) is 6.53. The molecule has 0 unspecified atom stereocenters. The Morgan fingerprint density at radius 1 is 0.905 bits per heavy atom. The highest BCUT2D eigenvalue weighted by Gasteiger charge is 2.07. The molecular weight excluding hydrogens is 305 g/mol. The molecule has 106 valence electrons. The summed E-state index contributed by atoms with van der Waals surface area (Å²) in [7, 11) is 0. The number of halogens is 2. The van der Waals surface area contributed by atoms with E-state index in [0.29, 0.717) is 17.1 Å². The number of phenolic OH excluding ortho intramolecular Hbond substituents is 1. The summed E-state index contributed by atoms with van der Waals surface area (Å²) < 4.78 is 0. The number of anilines is 1. The molecule has 3 rings (SSSR count). The standard InChI is InChI=1S/C17H13Cl2NO/c18-14-7-13(17(21)16(19)9-14)10-20-15-6-5-11-3-1-2-4-12(11)8-15/h1-9,20-21H,10H2. The summed E-state index contributed by atoms with van der Waals surface area (Å²) in [5, 5.41) is 16.3. The van der Waals surface area contributed by atoms with Gasteiger partial charge < -0.3 is 10.4 Å². The maximum Gasteiger partial charge on any atom is 0.139 e. The van der Waals surface area contributed by atoms with Gasteiger partial charge in [-0.05, 0) is 35.0 Å². The van der Waals surface area contributed by atoms with Crippen LogP contribution in [0, 0.1) is 0 Å². The summed E-state index contributed by atoms with van der Waals surface area (Å²) in [5.41, 5.74) is 1.64. The number of hydrogen-bond acceptors (Lipinski definition) is 2. The van der Waals surface area contributed by atoms with Gasteiger partial charge in [-0.2, -0.15) is 0 Å². The second-order valence-corrected chi connectivity index (χ2v) is 5.65. The van der Waals surface area contributed by atoms with Gasteiger partial charge in [0, 0.05) is 22.8 Å². The molecule has 0 heterocycles. The maximum atomic E-state index is 9.94. The zero-order valence-electron chi connectivity index (χ0n) is 11.1. The second kappa shape index (κ2) is 5.84. The molecule has 0 aliphatic carbocycles. The third-order valence-corrected chi connectivity index (χ3v) is 3.85. The van der Waals surface area contributed by atoms with Gasteiger partial charge in [-0.1, -0.05) is 53.5 Å². The molecule has 2 N–H and O–H groups in total. The zero-order valence-corrected chi connectivity index (χ0v) is 12.6. The predicted molar refractivity (Wildman–Crippen MR) is 89.4 cm³/mol. The van der Waals surface area contributed by atoms with Crippen LogP contribution in [0.5, 0.6) is 5.75 Å². The summed E-state index contributed by atoms with van der Waals surface area (Å²) >= 11 is 11.9. The smallest absolute Gasteiger partial charge is 0.139 e. The fourth-order valence-corrected chi connectivity index (χ4v) is 2.79. The number of rotatable bonds is 3. The molecule has 0 fully saturated rings. The minimum Gasteiger partial charge on any atom is -0.506 e. The van der Waals surface area contributed by atoms with Crippen LogP contribution in [0.2, 0.25) is 10.0 Å². The van der Waals surface area contributed by atoms with Crippen molar-refractivity contribution in [2.24, 2.45) is 0 Å². The molecule has 0 saturated carbocycles. The van der Waals surface area contributed by atoms with E-state index in [-0.39, 0.29) is 10.8 Å². The Kier molecular flexibility index (Phi) is 3.91. The van der Waals surface area contributed by atoms with Gasteiger partial charge in [-0.25, -0.2) is 0 Å². The predicted octanol–water partition coefficient (Wildman–Crippen LogP) is 5.46. The molecule has 0 aliphatic heterocycles. The first kappa shape index (κ1) is 14.1. The van der Waals surface area contributed by atoms with Crippen LogP contribution in [0.1, 0.15) is 5.56 Å². The van der Waals surface area contributed by atoms with Gasteiger partial charge in [0.25, 0.3) is 0 Å². The number of hydrogen-bond donors (Lipinski definition) is 2. The summed E-state index contributed by atoms with van der Waals surface area (Å²) in [5.74, 6) is 0.0642. The van der Waals surface area contributed by atoms with Crippen LogP contribution in [0.4, 0.5) is 5.69 Å². The van der Waals surface area contributed by atoms with Crippen LogP contribution in [-0.4, -0.2) is 5.11 Å². The molecule has 3 aromatic rings. The average Bonchev–Trinajstić information content (AvgIpc) is 2.49. The van der Waals surface area contributed by atoms with Crippen molar-refractivity contribution in [2.45, 2.75) is 6.54 Å². The van der Waals surface area contributed by atoms with Gasteiger partial charge in [-0.3, -0.25) is 0 Å². The quantitative estimate of drug-likeness (QED) is 0.671. The molecule has 0 saturated heterocycles. The lowest BCUT2D eigenvalue weighted by atomic mass is 10.1. The highest BCUT2D eigenvalue weighted by molar-refractivity contribution is 6.35. The van der Waals surface area contributed by atoms with Gasteiger partial charge in [-0.15, -0.1) is 0 Å². The Hall–Kier alpha value is -1.90. The van der Waals surface area contributed by atoms with Crippen molar-refractivity contribution in [1.29, 1.82) is 0 Å². The molecule has 0 spiro atoms. The van der Waals surface area contributed by atoms with E-state index in [9.17, 15) is 5.11 Å². The van der Waals surface area contributed by atoms with Crippen LogP contribution in [0.15, 0.2) is 54.6 Å². The van der Waals surface area contributed by atoms with E-state index in [1.54, 1.807) is 6.07 Å². The summed E-state index contributed by atoms with van der Waals surface area (Å²) in [6, 6.07) is 17.5. The summed E-state index contributed by atoms with van der Waals surface area (Å²) in [6.07, 6.45) is 0. The highest BCUT2D eigenvalue weighted by atomic mass is 35.5. The van der Waals surface area contributed by atoms with Crippen molar-refractivity contribution < 1.29 is 5.11 Å². The molecule has 2 nitrogen and oxygen atoms in total. The van der Waals surface area contributed by atoms with Crippen LogP contribution < -0.4 is 5.32 Å². The molecule has 21 heavy (non-hydrogen) atoms. The SMILES string of the molecule is Oc1c(Cl)cc(Cl)cc1CNc1ccc2ccccc2c1. The fourth-order valence-electron chi connectivity index (χ4n) is 2.25. The Balaban J connectivity index is 1.83. The average molecular weight is 318 g/mol. The van der Waals surface area contributed by atoms with E-state index in [1.807, 2.05) is 18.2 Å². The molecular formula is C17H13Cl2NO. The highest BCUT2D eigenvalue weighted by Crippen LogP contribution is 2.31. The van der Waals surface area contributed by atoms with Gasteiger partial charge in [0.2, 0.25) is 0 Å². The fraction of sp³-hybridized carbons (Fsp3) is 0.0588. The zero-order chi connectivity index (χ0) is 14.8. The number of nitrogens with one attached hydrogen (secondary N) is 1. The molecule has 0 amide bonds. The van der Waals surface area contributed by atoms with Gasteiger partial charge in [0.1, 0.15) is 5.75 Å². The Morgan fingerprint density at radius 3 is 2.48 bits per heavy atom. The van der Waals surface area contributed by atoms with Crippen molar-refractivity contribution in [2.75, 3.05) is 5.32 Å². The number of fused-ring (bicyclic) bond motifs is 1. The second-order valence-electron chi connectivity index (χ2n) is 4.81. The molecule has 0 aliphatic rings. The minimum atomic E-state index is 0.0642. The largest absolute Gasteiger partial charge is 0.506 e. The van der Waals surface area contributed by atoms with Gasteiger partial charge >= 0.3 is 0 Å². The maximum absolute atomic E-state index is 9.94. The third-order valence-electron chi connectivity index (χ3n) is 3.34. The lowest BCUT2D eigenvalue weighted by Crippen LogP contribution is -2.00. The normalized spacial score (nSPS) is 10.8. The van der Waals surface area contributed by atoms with E-state index in [2.05, 4.69) is 29.6 Å². The van der Waals surface area contributed by atoms with Crippen LogP contribution >= 0.6 is 23.2 Å². The third kappa shape index (κ3) is 3.07. The minimum absolute atomic E-state index is 0.0642.